The molecular formula is C21H19FN4O3S2. The minimum absolute atomic E-state index is 0.0998. The molecule has 10 heteroatoms. The Hall–Kier alpha value is -2.82. The third-order valence-corrected chi connectivity index (χ3v) is 7.44. The van der Waals surface area contributed by atoms with Crippen LogP contribution in [0.1, 0.15) is 30.0 Å². The molecule has 1 unspecified atom stereocenters. The molecule has 3 heterocycles. The Balaban J connectivity index is 1.55. The van der Waals surface area contributed by atoms with E-state index in [9.17, 15) is 13.4 Å². The van der Waals surface area contributed by atoms with Gasteiger partial charge in [-0.25, -0.2) is 18.4 Å². The zero-order valence-corrected chi connectivity index (χ0v) is 18.1. The van der Waals surface area contributed by atoms with Gasteiger partial charge in [-0.2, -0.15) is 0 Å². The summed E-state index contributed by atoms with van der Waals surface area (Å²) in [7, 11) is -1.88. The Labute approximate surface area is 183 Å². The summed E-state index contributed by atoms with van der Waals surface area (Å²) >= 11 is 1.25. The van der Waals surface area contributed by atoms with Crippen LogP contribution in [-0.4, -0.2) is 26.8 Å². The number of benzene rings is 2. The van der Waals surface area contributed by atoms with Gasteiger partial charge in [0.2, 0.25) is 0 Å². The highest BCUT2D eigenvalue weighted by atomic mass is 32.2. The smallest absolute Gasteiger partial charge is 0.408 e. The third-order valence-electron chi connectivity index (χ3n) is 5.53. The monoisotopic (exact) mass is 458 g/mol. The van der Waals surface area contributed by atoms with Crippen LogP contribution in [0.4, 0.5) is 9.52 Å². The Morgan fingerprint density at radius 3 is 2.87 bits per heavy atom. The van der Waals surface area contributed by atoms with E-state index < -0.39 is 22.6 Å². The van der Waals surface area contributed by atoms with Gasteiger partial charge in [-0.1, -0.05) is 24.3 Å². The lowest BCUT2D eigenvalue weighted by Crippen LogP contribution is -2.40. The summed E-state index contributed by atoms with van der Waals surface area (Å²) in [5.41, 5.74) is 2.68. The molecule has 0 amide bonds. The van der Waals surface area contributed by atoms with E-state index in [0.717, 1.165) is 18.7 Å². The van der Waals surface area contributed by atoms with Gasteiger partial charge in [0.05, 0.1) is 16.5 Å². The minimum atomic E-state index is -1.88. The molecular weight excluding hydrogens is 439 g/mol. The summed E-state index contributed by atoms with van der Waals surface area (Å²) in [5, 5.41) is 5.40. The molecule has 1 saturated heterocycles. The molecule has 1 fully saturated rings. The van der Waals surface area contributed by atoms with Crippen molar-refractivity contribution < 1.29 is 13.0 Å². The van der Waals surface area contributed by atoms with Crippen molar-refractivity contribution in [3.8, 4) is 0 Å². The van der Waals surface area contributed by atoms with Crippen molar-refractivity contribution in [1.82, 2.24) is 14.9 Å². The van der Waals surface area contributed by atoms with E-state index in [1.807, 2.05) is 25.1 Å². The highest BCUT2D eigenvalue weighted by Gasteiger charge is 2.26. The number of aromatic nitrogens is 2. The summed E-state index contributed by atoms with van der Waals surface area (Å²) in [6, 6.07) is 10.1. The number of anilines is 1. The normalized spacial score (nSPS) is 16.2. The molecule has 2 atom stereocenters. The predicted molar refractivity (Wildman–Crippen MR) is 118 cm³/mol. The molecule has 0 saturated carbocycles. The fraction of sp³-hybridized carbons (Fsp3) is 0.238. The summed E-state index contributed by atoms with van der Waals surface area (Å²) in [6.07, 6.45) is 1.56. The van der Waals surface area contributed by atoms with Crippen LogP contribution in [0.2, 0.25) is 0 Å². The molecule has 0 bridgehead atoms. The summed E-state index contributed by atoms with van der Waals surface area (Å²) in [5.74, 6) is -0.886. The topological polar surface area (TPSA) is 89.2 Å². The highest BCUT2D eigenvalue weighted by Crippen LogP contribution is 2.32. The van der Waals surface area contributed by atoms with Gasteiger partial charge in [0.1, 0.15) is 5.82 Å². The maximum absolute atomic E-state index is 14.9. The fourth-order valence-electron chi connectivity index (χ4n) is 3.86. The van der Waals surface area contributed by atoms with Gasteiger partial charge < -0.3 is 9.73 Å². The second kappa shape index (κ2) is 8.03. The van der Waals surface area contributed by atoms with Crippen molar-refractivity contribution in [1.29, 1.82) is 0 Å². The van der Waals surface area contributed by atoms with E-state index in [2.05, 4.69) is 21.1 Å². The number of rotatable bonds is 6. The van der Waals surface area contributed by atoms with Crippen LogP contribution >= 0.6 is 11.3 Å². The van der Waals surface area contributed by atoms with Gasteiger partial charge in [0, 0.05) is 42.7 Å². The first-order chi connectivity index (χ1) is 15.0. The number of halogens is 1. The van der Waals surface area contributed by atoms with Gasteiger partial charge in [-0.15, -0.1) is 11.3 Å². The highest BCUT2D eigenvalue weighted by molar-refractivity contribution is 7.86. The summed E-state index contributed by atoms with van der Waals surface area (Å²) < 4.78 is 37.0. The molecule has 1 aliphatic heterocycles. The average Bonchev–Trinajstić information content (AvgIpc) is 3.32. The van der Waals surface area contributed by atoms with Crippen molar-refractivity contribution >= 4 is 38.6 Å². The van der Waals surface area contributed by atoms with Crippen molar-refractivity contribution in [3.63, 3.8) is 0 Å². The van der Waals surface area contributed by atoms with Crippen molar-refractivity contribution in [3.05, 3.63) is 75.5 Å². The van der Waals surface area contributed by atoms with Crippen LogP contribution in [0.5, 0.6) is 0 Å². The number of hydrogen-bond donors (Lipinski definition) is 2. The molecule has 2 N–H and O–H groups in total. The zero-order valence-electron chi connectivity index (χ0n) is 16.5. The van der Waals surface area contributed by atoms with Gasteiger partial charge in [-0.3, -0.25) is 9.29 Å². The molecule has 4 aromatic rings. The van der Waals surface area contributed by atoms with Gasteiger partial charge in [0.15, 0.2) is 21.7 Å². The van der Waals surface area contributed by atoms with Crippen LogP contribution in [-0.2, 0) is 11.0 Å². The quantitative estimate of drug-likeness (QED) is 0.461. The fourth-order valence-corrected chi connectivity index (χ4v) is 5.43. The Morgan fingerprint density at radius 1 is 1.35 bits per heavy atom. The predicted octanol–water partition coefficient (Wildman–Crippen LogP) is 3.62. The third kappa shape index (κ3) is 3.60. The van der Waals surface area contributed by atoms with Crippen LogP contribution in [0.15, 0.2) is 62.1 Å². The first kappa shape index (κ1) is 20.1. The number of thiazole rings is 1. The second-order valence-corrected chi connectivity index (χ2v) is 9.43. The number of nitrogens with zero attached hydrogens (tertiary/aromatic N) is 2. The lowest BCUT2D eigenvalue weighted by molar-refractivity contribution is 0.438. The summed E-state index contributed by atoms with van der Waals surface area (Å²) in [4.78, 5) is 16.6. The van der Waals surface area contributed by atoms with Gasteiger partial charge >= 0.3 is 5.76 Å². The van der Waals surface area contributed by atoms with E-state index >= 15 is 0 Å². The molecule has 1 aliphatic rings. The zero-order chi connectivity index (χ0) is 21.5. The molecule has 31 heavy (non-hydrogen) atoms. The number of nitrogens with one attached hydrogen (secondary N) is 2. The Bertz CT molecular complexity index is 1330. The van der Waals surface area contributed by atoms with E-state index in [1.54, 1.807) is 11.6 Å². The first-order valence-corrected chi connectivity index (χ1v) is 11.8. The van der Waals surface area contributed by atoms with Crippen LogP contribution < -0.4 is 15.8 Å². The molecule has 0 spiro atoms. The van der Waals surface area contributed by atoms with E-state index in [-0.39, 0.29) is 16.5 Å². The Kier molecular flexibility index (Phi) is 5.20. The molecule has 5 rings (SSSR count). The van der Waals surface area contributed by atoms with E-state index in [0.29, 0.717) is 16.6 Å². The lowest BCUT2D eigenvalue weighted by atomic mass is 9.87. The largest absolute Gasteiger partial charge is 0.420 e. The second-order valence-electron chi connectivity index (χ2n) is 7.36. The molecule has 2 aromatic heterocycles. The lowest BCUT2D eigenvalue weighted by Gasteiger charge is -2.31. The van der Waals surface area contributed by atoms with Crippen LogP contribution in [0.3, 0.4) is 0 Å². The van der Waals surface area contributed by atoms with Crippen molar-refractivity contribution in [2.45, 2.75) is 23.8 Å². The van der Waals surface area contributed by atoms with E-state index in [1.165, 1.54) is 33.6 Å². The van der Waals surface area contributed by atoms with Gasteiger partial charge in [-0.05, 0) is 18.1 Å². The maximum Gasteiger partial charge on any atom is 0.420 e. The Morgan fingerprint density at radius 2 is 2.16 bits per heavy atom. The van der Waals surface area contributed by atoms with Crippen molar-refractivity contribution in [2.75, 3.05) is 17.8 Å². The van der Waals surface area contributed by atoms with Crippen LogP contribution in [0, 0.1) is 5.82 Å². The summed E-state index contributed by atoms with van der Waals surface area (Å²) in [6.45, 7) is 3.68. The maximum atomic E-state index is 14.9. The van der Waals surface area contributed by atoms with Crippen LogP contribution in [0.25, 0.3) is 11.1 Å². The first-order valence-electron chi connectivity index (χ1n) is 9.75. The van der Waals surface area contributed by atoms with Crippen molar-refractivity contribution in [2.24, 2.45) is 0 Å². The standard InChI is InChI=1S/C21H19FN4O3S2/c1-12(14-4-2-3-5-15(14)13-10-23-11-13)26-17-8-16(22)19(9-18(17)29-21(26)27)31(28)25-20-24-6-7-30-20/h2-9,12-13,23H,10-11H2,1H3,(H,24,25)/t12-,31?/m0/s1. The average molecular weight is 459 g/mol. The molecule has 0 aliphatic carbocycles. The number of oxazole rings is 1. The molecule has 7 nitrogen and oxygen atoms in total. The molecule has 160 valence electrons. The van der Waals surface area contributed by atoms with E-state index in [4.69, 9.17) is 4.42 Å². The molecule has 0 radical (unpaired) electrons. The number of hydrogen-bond acceptors (Lipinski definition) is 6. The minimum Gasteiger partial charge on any atom is -0.408 e. The SMILES string of the molecule is C[C@@H](c1ccccc1C1CNC1)n1c(=O)oc2cc(S(=O)Nc3nccs3)c(F)cc21. The number of fused-ring (bicyclic) bond motifs is 1. The van der Waals surface area contributed by atoms with Gasteiger partial charge in [0.25, 0.3) is 0 Å². The molecule has 2 aromatic carbocycles.